The zero-order chi connectivity index (χ0) is 19.7. The van der Waals surface area contributed by atoms with Crippen molar-refractivity contribution in [1.29, 1.82) is 0 Å². The van der Waals surface area contributed by atoms with Crippen LogP contribution in [0.15, 0.2) is 114 Å². The number of pyridine rings is 1. The smallest absolute Gasteiger partial charge is 0.138 e. The summed E-state index contributed by atoms with van der Waals surface area (Å²) < 4.78 is 2.90. The second-order valence-electron chi connectivity index (χ2n) is 6.90. The van der Waals surface area contributed by atoms with E-state index in [1.807, 2.05) is 36.7 Å². The molecule has 140 valence electrons. The molecule has 0 fully saturated rings. The standard InChI is InChI=1S/C25H18BrN3/c26-24-22-18-27-17-16-23(22)29(28-24)25(19-10-4-1-5-11-19,20-12-6-2-7-13-20)21-14-8-3-9-15-21/h1-18H. The molecule has 0 spiro atoms. The molecule has 0 aliphatic carbocycles. The third-order valence-electron chi connectivity index (χ3n) is 5.33. The van der Waals surface area contributed by atoms with E-state index < -0.39 is 5.54 Å². The van der Waals surface area contributed by atoms with Crippen LogP contribution in [0.25, 0.3) is 10.9 Å². The van der Waals surface area contributed by atoms with Gasteiger partial charge in [-0.05, 0) is 38.7 Å². The van der Waals surface area contributed by atoms with Gasteiger partial charge in [-0.25, -0.2) is 4.68 Å². The van der Waals surface area contributed by atoms with E-state index in [1.54, 1.807) is 0 Å². The summed E-state index contributed by atoms with van der Waals surface area (Å²) in [5.74, 6) is 0. The van der Waals surface area contributed by atoms with Crippen LogP contribution in [0.2, 0.25) is 0 Å². The maximum absolute atomic E-state index is 4.98. The van der Waals surface area contributed by atoms with Crippen molar-refractivity contribution >= 4 is 26.8 Å². The summed E-state index contributed by atoms with van der Waals surface area (Å²) in [6, 6.07) is 33.7. The molecule has 0 amide bonds. The van der Waals surface area contributed by atoms with E-state index in [1.165, 1.54) is 0 Å². The summed E-state index contributed by atoms with van der Waals surface area (Å²) in [6.07, 6.45) is 3.67. The van der Waals surface area contributed by atoms with Gasteiger partial charge in [-0.2, -0.15) is 5.10 Å². The molecule has 0 saturated carbocycles. The average molecular weight is 440 g/mol. The lowest BCUT2D eigenvalue weighted by Gasteiger charge is -2.37. The van der Waals surface area contributed by atoms with Gasteiger partial charge in [0.1, 0.15) is 10.1 Å². The van der Waals surface area contributed by atoms with E-state index in [2.05, 4.69) is 98.4 Å². The molecule has 0 bridgehead atoms. The minimum Gasteiger partial charge on any atom is -0.264 e. The van der Waals surface area contributed by atoms with Crippen molar-refractivity contribution in [2.24, 2.45) is 0 Å². The van der Waals surface area contributed by atoms with Crippen LogP contribution < -0.4 is 0 Å². The quantitative estimate of drug-likeness (QED) is 0.320. The van der Waals surface area contributed by atoms with Crippen molar-refractivity contribution in [2.45, 2.75) is 5.54 Å². The van der Waals surface area contributed by atoms with Crippen LogP contribution in [0.3, 0.4) is 0 Å². The Bertz CT molecular complexity index is 1150. The molecule has 3 aromatic carbocycles. The Morgan fingerprint density at radius 1 is 0.655 bits per heavy atom. The van der Waals surface area contributed by atoms with Crippen molar-refractivity contribution in [2.75, 3.05) is 0 Å². The van der Waals surface area contributed by atoms with Crippen LogP contribution in [0.1, 0.15) is 16.7 Å². The van der Waals surface area contributed by atoms with Gasteiger partial charge >= 0.3 is 0 Å². The van der Waals surface area contributed by atoms with Crippen LogP contribution in [0, 0.1) is 0 Å². The van der Waals surface area contributed by atoms with Crippen LogP contribution in [0.5, 0.6) is 0 Å². The fourth-order valence-electron chi connectivity index (χ4n) is 4.09. The third-order valence-corrected chi connectivity index (χ3v) is 5.91. The number of nitrogens with zero attached hydrogens (tertiary/aromatic N) is 3. The summed E-state index contributed by atoms with van der Waals surface area (Å²) in [6.45, 7) is 0. The molecule has 2 heterocycles. The van der Waals surface area contributed by atoms with Crippen molar-refractivity contribution < 1.29 is 0 Å². The lowest BCUT2D eigenvalue weighted by atomic mass is 9.77. The van der Waals surface area contributed by atoms with E-state index in [4.69, 9.17) is 5.10 Å². The fraction of sp³-hybridized carbons (Fsp3) is 0.0400. The predicted octanol–water partition coefficient (Wildman–Crippen LogP) is 6.03. The summed E-state index contributed by atoms with van der Waals surface area (Å²) in [4.78, 5) is 4.30. The molecule has 0 aliphatic heterocycles. The molecule has 3 nitrogen and oxygen atoms in total. The average Bonchev–Trinajstić information content (AvgIpc) is 3.14. The van der Waals surface area contributed by atoms with Gasteiger partial charge in [0.15, 0.2) is 0 Å². The molecular weight excluding hydrogens is 422 g/mol. The molecule has 4 heteroatoms. The van der Waals surface area contributed by atoms with Crippen LogP contribution in [0.4, 0.5) is 0 Å². The Balaban J connectivity index is 1.99. The van der Waals surface area contributed by atoms with Crippen molar-refractivity contribution in [1.82, 2.24) is 14.8 Å². The third kappa shape index (κ3) is 2.79. The van der Waals surface area contributed by atoms with Gasteiger partial charge in [-0.1, -0.05) is 91.0 Å². The number of halogens is 1. The SMILES string of the molecule is Brc1nn(C(c2ccccc2)(c2ccccc2)c2ccccc2)c2ccncc12. The Labute approximate surface area is 177 Å². The second-order valence-corrected chi connectivity index (χ2v) is 7.66. The predicted molar refractivity (Wildman–Crippen MR) is 120 cm³/mol. The Morgan fingerprint density at radius 3 is 1.62 bits per heavy atom. The van der Waals surface area contributed by atoms with Crippen LogP contribution in [-0.2, 0) is 5.54 Å². The summed E-state index contributed by atoms with van der Waals surface area (Å²) >= 11 is 3.66. The van der Waals surface area contributed by atoms with Gasteiger partial charge in [0, 0.05) is 12.4 Å². The molecule has 0 N–H and O–H groups in total. The Kier molecular flexibility index (Phi) is 4.49. The first kappa shape index (κ1) is 17.8. The molecule has 0 radical (unpaired) electrons. The molecule has 0 atom stereocenters. The molecule has 5 rings (SSSR count). The molecule has 29 heavy (non-hydrogen) atoms. The molecule has 0 aliphatic rings. The maximum atomic E-state index is 4.98. The number of benzene rings is 3. The highest BCUT2D eigenvalue weighted by Gasteiger charge is 2.40. The summed E-state index contributed by atoms with van der Waals surface area (Å²) in [7, 11) is 0. The highest BCUT2D eigenvalue weighted by atomic mass is 79.9. The minimum absolute atomic E-state index is 0.630. The van der Waals surface area contributed by atoms with E-state index in [0.717, 1.165) is 32.2 Å². The Hall–Kier alpha value is -3.24. The normalized spacial score (nSPS) is 11.6. The van der Waals surface area contributed by atoms with Crippen molar-refractivity contribution in [3.8, 4) is 0 Å². The Morgan fingerprint density at radius 2 is 1.14 bits per heavy atom. The molecule has 0 unspecified atom stereocenters. The number of hydrogen-bond acceptors (Lipinski definition) is 2. The number of aromatic nitrogens is 3. The van der Waals surface area contributed by atoms with Crippen molar-refractivity contribution in [3.05, 3.63) is 131 Å². The van der Waals surface area contributed by atoms with Gasteiger partial charge < -0.3 is 0 Å². The molecule has 2 aromatic heterocycles. The van der Waals surface area contributed by atoms with Gasteiger partial charge in [0.25, 0.3) is 0 Å². The first-order valence-corrected chi connectivity index (χ1v) is 10.3. The number of hydrogen-bond donors (Lipinski definition) is 0. The first-order chi connectivity index (χ1) is 14.3. The molecule has 5 aromatic rings. The highest BCUT2D eigenvalue weighted by Crippen LogP contribution is 2.42. The second kappa shape index (κ2) is 7.30. The maximum Gasteiger partial charge on any atom is 0.138 e. The minimum atomic E-state index is -0.630. The van der Waals surface area contributed by atoms with Gasteiger partial charge in [-0.3, -0.25) is 4.98 Å². The van der Waals surface area contributed by atoms with Crippen LogP contribution in [-0.4, -0.2) is 14.8 Å². The van der Waals surface area contributed by atoms with Gasteiger partial charge in [0.05, 0.1) is 10.9 Å². The van der Waals surface area contributed by atoms with Crippen molar-refractivity contribution in [3.63, 3.8) is 0 Å². The van der Waals surface area contributed by atoms with E-state index in [0.29, 0.717) is 0 Å². The summed E-state index contributed by atoms with van der Waals surface area (Å²) in [5, 5.41) is 5.97. The lowest BCUT2D eigenvalue weighted by Crippen LogP contribution is -2.38. The largest absolute Gasteiger partial charge is 0.264 e. The monoisotopic (exact) mass is 439 g/mol. The van der Waals surface area contributed by atoms with Gasteiger partial charge in [-0.15, -0.1) is 0 Å². The number of rotatable bonds is 4. The van der Waals surface area contributed by atoms with E-state index >= 15 is 0 Å². The topological polar surface area (TPSA) is 30.7 Å². The van der Waals surface area contributed by atoms with E-state index in [-0.39, 0.29) is 0 Å². The fourth-order valence-corrected chi connectivity index (χ4v) is 4.55. The number of fused-ring (bicyclic) bond motifs is 1. The highest BCUT2D eigenvalue weighted by molar-refractivity contribution is 9.10. The summed E-state index contributed by atoms with van der Waals surface area (Å²) in [5.41, 5.74) is 3.82. The van der Waals surface area contributed by atoms with Crippen LogP contribution >= 0.6 is 15.9 Å². The zero-order valence-electron chi connectivity index (χ0n) is 15.6. The first-order valence-electron chi connectivity index (χ1n) is 9.47. The molecular formula is C25H18BrN3. The van der Waals surface area contributed by atoms with Gasteiger partial charge in [0.2, 0.25) is 0 Å². The van der Waals surface area contributed by atoms with E-state index in [9.17, 15) is 0 Å². The lowest BCUT2D eigenvalue weighted by molar-refractivity contribution is 0.473. The molecule has 0 saturated heterocycles. The zero-order valence-corrected chi connectivity index (χ0v) is 17.2.